The Bertz CT molecular complexity index is 538. The molecule has 0 spiro atoms. The van der Waals surface area contributed by atoms with Crippen LogP contribution in [0.4, 0.5) is 0 Å². The number of aliphatic carboxylic acids is 1. The molecule has 0 saturated heterocycles. The standard InChI is InChI=1S/C15H21NO4/c1-9-10(2)20-11(3)12(9)13(17)16-8-15(14(18)19)6-4-5-7-15/h4-8H2,1-3H3,(H,16,17)(H,18,19). The third kappa shape index (κ3) is 2.44. The summed E-state index contributed by atoms with van der Waals surface area (Å²) in [4.78, 5) is 23.7. The van der Waals surface area contributed by atoms with Gasteiger partial charge in [-0.05, 0) is 33.6 Å². The highest BCUT2D eigenvalue weighted by molar-refractivity contribution is 5.97. The normalized spacial score (nSPS) is 17.1. The van der Waals surface area contributed by atoms with Crippen LogP contribution in [0.5, 0.6) is 0 Å². The molecule has 5 nitrogen and oxygen atoms in total. The van der Waals surface area contributed by atoms with Crippen molar-refractivity contribution in [3.63, 3.8) is 0 Å². The average Bonchev–Trinajstić information content (AvgIpc) is 2.94. The SMILES string of the molecule is Cc1oc(C)c(C(=O)NCC2(C(=O)O)CCCC2)c1C. The summed E-state index contributed by atoms with van der Waals surface area (Å²) in [5.74, 6) is 0.242. The van der Waals surface area contributed by atoms with Crippen molar-refractivity contribution in [2.75, 3.05) is 6.54 Å². The predicted molar refractivity (Wildman–Crippen MR) is 73.8 cm³/mol. The van der Waals surface area contributed by atoms with E-state index < -0.39 is 11.4 Å². The summed E-state index contributed by atoms with van der Waals surface area (Å²) in [7, 11) is 0. The van der Waals surface area contributed by atoms with Crippen LogP contribution < -0.4 is 5.32 Å². The smallest absolute Gasteiger partial charge is 0.311 e. The van der Waals surface area contributed by atoms with Crippen LogP contribution in [0.25, 0.3) is 0 Å². The molecule has 1 amide bonds. The highest BCUT2D eigenvalue weighted by atomic mass is 16.4. The Morgan fingerprint density at radius 2 is 1.80 bits per heavy atom. The van der Waals surface area contributed by atoms with Crippen LogP contribution in [0.1, 0.15) is 53.1 Å². The fourth-order valence-corrected chi connectivity index (χ4v) is 2.98. The quantitative estimate of drug-likeness (QED) is 0.887. The van der Waals surface area contributed by atoms with E-state index >= 15 is 0 Å². The molecule has 1 aliphatic rings. The zero-order chi connectivity index (χ0) is 14.9. The van der Waals surface area contributed by atoms with Gasteiger partial charge >= 0.3 is 5.97 Å². The van der Waals surface area contributed by atoms with Gasteiger partial charge in [-0.25, -0.2) is 0 Å². The Labute approximate surface area is 118 Å². The molecular weight excluding hydrogens is 258 g/mol. The van der Waals surface area contributed by atoms with Gasteiger partial charge in [-0.15, -0.1) is 0 Å². The Morgan fingerprint density at radius 3 is 2.25 bits per heavy atom. The minimum absolute atomic E-state index is 0.185. The molecule has 1 aromatic rings. The number of furan rings is 1. The number of carbonyl (C=O) groups excluding carboxylic acids is 1. The molecule has 2 N–H and O–H groups in total. The van der Waals surface area contributed by atoms with Crippen molar-refractivity contribution in [1.29, 1.82) is 0 Å². The molecule has 110 valence electrons. The summed E-state index contributed by atoms with van der Waals surface area (Å²) in [6.45, 7) is 5.58. The maximum atomic E-state index is 12.3. The summed E-state index contributed by atoms with van der Waals surface area (Å²) >= 11 is 0. The number of amides is 1. The molecule has 0 radical (unpaired) electrons. The van der Waals surface area contributed by atoms with Crippen LogP contribution in [0.3, 0.4) is 0 Å². The van der Waals surface area contributed by atoms with Crippen LogP contribution >= 0.6 is 0 Å². The molecule has 1 fully saturated rings. The van der Waals surface area contributed by atoms with Gasteiger partial charge in [-0.3, -0.25) is 9.59 Å². The van der Waals surface area contributed by atoms with Crippen molar-refractivity contribution in [3.05, 3.63) is 22.6 Å². The molecule has 20 heavy (non-hydrogen) atoms. The maximum absolute atomic E-state index is 12.3. The van der Waals surface area contributed by atoms with Gasteiger partial charge in [0.1, 0.15) is 11.5 Å². The fourth-order valence-electron chi connectivity index (χ4n) is 2.98. The molecule has 0 bridgehead atoms. The summed E-state index contributed by atoms with van der Waals surface area (Å²) in [5.41, 5.74) is 0.549. The summed E-state index contributed by atoms with van der Waals surface area (Å²) < 4.78 is 5.43. The lowest BCUT2D eigenvalue weighted by molar-refractivity contribution is -0.148. The second-order valence-corrected chi connectivity index (χ2v) is 5.69. The van der Waals surface area contributed by atoms with Crippen molar-refractivity contribution >= 4 is 11.9 Å². The van der Waals surface area contributed by atoms with Gasteiger partial charge < -0.3 is 14.8 Å². The van der Waals surface area contributed by atoms with Crippen LogP contribution in [0, 0.1) is 26.2 Å². The van der Waals surface area contributed by atoms with E-state index in [2.05, 4.69) is 5.32 Å². The Hall–Kier alpha value is -1.78. The van der Waals surface area contributed by atoms with E-state index in [1.165, 1.54) is 0 Å². The van der Waals surface area contributed by atoms with E-state index in [0.717, 1.165) is 24.2 Å². The van der Waals surface area contributed by atoms with Gasteiger partial charge in [0.2, 0.25) is 0 Å². The molecule has 1 heterocycles. The van der Waals surface area contributed by atoms with Crippen molar-refractivity contribution in [2.45, 2.75) is 46.5 Å². The van der Waals surface area contributed by atoms with E-state index in [1.807, 2.05) is 13.8 Å². The van der Waals surface area contributed by atoms with E-state index in [4.69, 9.17) is 4.42 Å². The number of carboxylic acid groups (broad SMARTS) is 1. The van der Waals surface area contributed by atoms with Crippen molar-refractivity contribution in [2.24, 2.45) is 5.41 Å². The zero-order valence-corrected chi connectivity index (χ0v) is 12.2. The average molecular weight is 279 g/mol. The Morgan fingerprint density at radius 1 is 1.20 bits per heavy atom. The van der Waals surface area contributed by atoms with Gasteiger partial charge in [-0.2, -0.15) is 0 Å². The molecule has 2 rings (SSSR count). The van der Waals surface area contributed by atoms with E-state index in [1.54, 1.807) is 6.92 Å². The zero-order valence-electron chi connectivity index (χ0n) is 12.2. The van der Waals surface area contributed by atoms with Crippen LogP contribution in [-0.2, 0) is 4.79 Å². The first-order valence-electron chi connectivity index (χ1n) is 6.95. The van der Waals surface area contributed by atoms with E-state index in [0.29, 0.717) is 24.2 Å². The van der Waals surface area contributed by atoms with Gasteiger partial charge in [0.05, 0.1) is 11.0 Å². The van der Waals surface area contributed by atoms with Gasteiger partial charge in [-0.1, -0.05) is 12.8 Å². The molecular formula is C15H21NO4. The van der Waals surface area contributed by atoms with E-state index in [-0.39, 0.29) is 12.5 Å². The number of carbonyl (C=O) groups is 2. The number of carboxylic acids is 1. The van der Waals surface area contributed by atoms with Gasteiger partial charge in [0, 0.05) is 12.1 Å². The maximum Gasteiger partial charge on any atom is 0.311 e. The van der Waals surface area contributed by atoms with Crippen LogP contribution in [0.2, 0.25) is 0 Å². The first-order chi connectivity index (χ1) is 9.37. The lowest BCUT2D eigenvalue weighted by Gasteiger charge is -2.23. The largest absolute Gasteiger partial charge is 0.481 e. The Balaban J connectivity index is 2.10. The number of nitrogens with one attached hydrogen (secondary N) is 1. The molecule has 0 aliphatic heterocycles. The fraction of sp³-hybridized carbons (Fsp3) is 0.600. The van der Waals surface area contributed by atoms with Crippen LogP contribution in [0.15, 0.2) is 4.42 Å². The first kappa shape index (κ1) is 14.6. The highest BCUT2D eigenvalue weighted by Gasteiger charge is 2.41. The summed E-state index contributed by atoms with van der Waals surface area (Å²) in [5, 5.41) is 12.2. The second kappa shape index (κ2) is 5.31. The van der Waals surface area contributed by atoms with Crippen molar-refractivity contribution in [1.82, 2.24) is 5.32 Å². The minimum Gasteiger partial charge on any atom is -0.481 e. The predicted octanol–water partition coefficient (Wildman–Crippen LogP) is 2.58. The lowest BCUT2D eigenvalue weighted by atomic mass is 9.86. The Kier molecular flexibility index (Phi) is 3.88. The second-order valence-electron chi connectivity index (χ2n) is 5.69. The monoisotopic (exact) mass is 279 g/mol. The molecule has 0 aromatic carbocycles. The molecule has 0 unspecified atom stereocenters. The highest BCUT2D eigenvalue weighted by Crippen LogP contribution is 2.37. The molecule has 0 atom stereocenters. The molecule has 1 aliphatic carbocycles. The molecule has 1 aromatic heterocycles. The van der Waals surface area contributed by atoms with Crippen LogP contribution in [-0.4, -0.2) is 23.5 Å². The summed E-state index contributed by atoms with van der Waals surface area (Å²) in [6.07, 6.45) is 3.08. The van der Waals surface area contributed by atoms with Gasteiger partial charge in [0.25, 0.3) is 5.91 Å². The molecule has 1 saturated carbocycles. The number of hydrogen-bond donors (Lipinski definition) is 2. The van der Waals surface area contributed by atoms with Crippen molar-refractivity contribution in [3.8, 4) is 0 Å². The molecule has 5 heteroatoms. The summed E-state index contributed by atoms with van der Waals surface area (Å²) in [6, 6.07) is 0. The number of aryl methyl sites for hydroxylation is 2. The number of rotatable bonds is 4. The van der Waals surface area contributed by atoms with Gasteiger partial charge in [0.15, 0.2) is 0 Å². The first-order valence-corrected chi connectivity index (χ1v) is 6.95. The van der Waals surface area contributed by atoms with Crippen molar-refractivity contribution < 1.29 is 19.1 Å². The topological polar surface area (TPSA) is 79.5 Å². The lowest BCUT2D eigenvalue weighted by Crippen LogP contribution is -2.41. The third-order valence-electron chi connectivity index (χ3n) is 4.39. The number of hydrogen-bond acceptors (Lipinski definition) is 3. The third-order valence-corrected chi connectivity index (χ3v) is 4.39. The minimum atomic E-state index is -0.813. The van der Waals surface area contributed by atoms with E-state index in [9.17, 15) is 14.7 Å².